The first-order chi connectivity index (χ1) is 33.5. The summed E-state index contributed by atoms with van der Waals surface area (Å²) < 4.78 is 6.73. The fourth-order valence-corrected chi connectivity index (χ4v) is 8.82. The van der Waals surface area contributed by atoms with Crippen molar-refractivity contribution in [3.8, 4) is 0 Å². The largest absolute Gasteiger partial charge is 0.478 e. The number of nitrogens with one attached hydrogen (secondary N) is 1. The Bertz CT molecular complexity index is 2900. The van der Waals surface area contributed by atoms with Crippen LogP contribution >= 0.6 is 11.3 Å². The second-order valence-electron chi connectivity index (χ2n) is 15.6. The summed E-state index contributed by atoms with van der Waals surface area (Å²) >= 11 is 1.25. The number of carboxylic acids is 1. The van der Waals surface area contributed by atoms with Gasteiger partial charge in [0.1, 0.15) is 35.0 Å². The van der Waals surface area contributed by atoms with Crippen molar-refractivity contribution in [2.75, 3.05) is 11.9 Å². The highest BCUT2D eigenvalue weighted by molar-refractivity contribution is 7.14. The van der Waals surface area contributed by atoms with Gasteiger partial charge in [0.25, 0.3) is 0 Å². The second-order valence-corrected chi connectivity index (χ2v) is 16.5. The number of thiazole rings is 1. The molecule has 0 saturated carbocycles. The predicted molar refractivity (Wildman–Crippen MR) is 264 cm³/mol. The number of ether oxygens (including phenoxy) is 1. The van der Waals surface area contributed by atoms with Gasteiger partial charge in [0, 0.05) is 5.38 Å². The Balaban J connectivity index is 1.04. The molecule has 1 aromatic heterocycles. The summed E-state index contributed by atoms with van der Waals surface area (Å²) in [4.78, 5) is 43.3. The smallest absolute Gasteiger partial charge is 0.360 e. The number of anilines is 1. The van der Waals surface area contributed by atoms with E-state index in [2.05, 4.69) is 46.9 Å². The molecule has 2 N–H and O–H groups in total. The fourth-order valence-electron chi connectivity index (χ4n) is 8.07. The summed E-state index contributed by atoms with van der Waals surface area (Å²) in [5.41, 5.74) is 5.49. The molecule has 1 aliphatic heterocycles. The molecule has 7 aromatic carbocycles. The fraction of sp³-hybridized carbons (Fsp3) is 0.0702. The van der Waals surface area contributed by atoms with Gasteiger partial charge in [-0.3, -0.25) is 4.84 Å². The molecule has 0 fully saturated rings. The maximum absolute atomic E-state index is 12.9. The van der Waals surface area contributed by atoms with Crippen molar-refractivity contribution in [1.82, 2.24) is 10.0 Å². The maximum Gasteiger partial charge on any atom is 0.360 e. The first kappa shape index (κ1) is 44.6. The number of oxime groups is 1. The van der Waals surface area contributed by atoms with Crippen molar-refractivity contribution in [3.63, 3.8) is 0 Å². The van der Waals surface area contributed by atoms with Gasteiger partial charge in [-0.1, -0.05) is 217 Å². The summed E-state index contributed by atoms with van der Waals surface area (Å²) in [6.07, 6.45) is 1.89. The normalized spacial score (nSPS) is 12.8. The number of carbonyl (C=O) groups is 1. The van der Waals surface area contributed by atoms with Gasteiger partial charge in [-0.15, -0.1) is 11.3 Å². The molecular weight excluding hydrogens is 869 g/mol. The lowest BCUT2D eigenvalue weighted by molar-refractivity contribution is -0.138. The summed E-state index contributed by atoms with van der Waals surface area (Å²) in [5.74, 6) is 0.885. The van der Waals surface area contributed by atoms with Crippen LogP contribution in [-0.4, -0.2) is 39.4 Å². The lowest BCUT2D eigenvalue weighted by atomic mass is 9.77. The number of nitrogens with zero attached hydrogens (tertiary/aromatic N) is 3. The molecular formula is C57H44N4O6S. The number of carboxylic acid groups (broad SMARTS) is 1. The van der Waals surface area contributed by atoms with E-state index in [1.165, 1.54) is 16.4 Å². The highest BCUT2D eigenvalue weighted by Crippen LogP contribution is 2.41. The monoisotopic (exact) mass is 912 g/mol. The van der Waals surface area contributed by atoms with E-state index >= 15 is 0 Å². The van der Waals surface area contributed by atoms with E-state index in [0.717, 1.165) is 38.9 Å². The lowest BCUT2D eigenvalue weighted by Crippen LogP contribution is -2.38. The third-order valence-electron chi connectivity index (χ3n) is 11.3. The average molecular weight is 913 g/mol. The van der Waals surface area contributed by atoms with Gasteiger partial charge in [0.05, 0.1) is 11.9 Å². The van der Waals surface area contributed by atoms with E-state index in [0.29, 0.717) is 10.8 Å². The minimum Gasteiger partial charge on any atom is -0.478 e. The van der Waals surface area contributed by atoms with Gasteiger partial charge in [0.15, 0.2) is 17.5 Å². The van der Waals surface area contributed by atoms with Crippen LogP contribution in [0.15, 0.2) is 252 Å². The topological polar surface area (TPSA) is 123 Å². The van der Waals surface area contributed by atoms with Gasteiger partial charge < -0.3 is 20.0 Å². The minimum absolute atomic E-state index is 0.0870. The van der Waals surface area contributed by atoms with Crippen molar-refractivity contribution in [3.05, 3.63) is 292 Å². The van der Waals surface area contributed by atoms with Crippen LogP contribution in [0.3, 0.4) is 0 Å². The molecule has 0 aliphatic carbocycles. The van der Waals surface area contributed by atoms with E-state index in [1.54, 1.807) is 17.7 Å². The molecule has 9 rings (SSSR count). The zero-order valence-electron chi connectivity index (χ0n) is 36.5. The van der Waals surface area contributed by atoms with Crippen molar-refractivity contribution < 1.29 is 29.1 Å². The van der Waals surface area contributed by atoms with Crippen molar-refractivity contribution in [2.24, 2.45) is 5.16 Å². The number of aromatic nitrogens is 1. The third-order valence-corrected chi connectivity index (χ3v) is 12.1. The number of hydrogen-bond acceptors (Lipinski definition) is 10. The molecule has 10 nitrogen and oxygen atoms in total. The highest BCUT2D eigenvalue weighted by atomic mass is 32.1. The first-order valence-electron chi connectivity index (χ1n) is 21.8. The lowest BCUT2D eigenvalue weighted by Gasteiger charge is -2.36. The number of hydrogen-bond donors (Lipinski definition) is 2. The Morgan fingerprint density at radius 1 is 0.647 bits per heavy atom. The van der Waals surface area contributed by atoms with Crippen LogP contribution in [0.4, 0.5) is 5.13 Å². The Morgan fingerprint density at radius 2 is 1.07 bits per heavy atom. The number of aliphatic carboxylic acids is 1. The molecule has 0 radical (unpaired) electrons. The molecule has 0 bridgehead atoms. The molecule has 334 valence electrons. The zero-order valence-corrected chi connectivity index (χ0v) is 37.4. The number of carbonyl (C=O) groups excluding carboxylic acids is 1. The standard InChI is InChI=1S/C57H44N4O6S/c62-38-45-36-49(39-65-60-52(55(63)64)50-40-68-56(58-50)59-57(46-30-16-5-17-31-46,47-32-18-6-19-33-47)48-34-20-7-21-35-48)61(67-54(43-26-12-3-13-27-43)44-28-14-4-15-29-44)37-51(45)66-53(41-22-8-1-9-23-41)42-24-10-2-11-25-42/h1-37,40,53-54H,39H2,(H,58,59)(H,63,64)/b60-52-. The number of rotatable bonds is 18. The van der Waals surface area contributed by atoms with Crippen LogP contribution in [0.5, 0.6) is 0 Å². The molecule has 0 unspecified atom stereocenters. The maximum atomic E-state index is 12.9. The van der Waals surface area contributed by atoms with Gasteiger partial charge >= 0.3 is 5.97 Å². The molecule has 68 heavy (non-hydrogen) atoms. The molecule has 8 aromatic rings. The van der Waals surface area contributed by atoms with E-state index in [-0.39, 0.29) is 23.6 Å². The summed E-state index contributed by atoms with van der Waals surface area (Å²) in [6.45, 7) is -0.322. The van der Waals surface area contributed by atoms with Crippen LogP contribution in [0.1, 0.15) is 56.8 Å². The van der Waals surface area contributed by atoms with Gasteiger partial charge in [-0.05, 0) is 45.0 Å². The Morgan fingerprint density at radius 3 is 1.50 bits per heavy atom. The van der Waals surface area contributed by atoms with E-state index in [9.17, 15) is 14.7 Å². The molecule has 1 aliphatic rings. The average Bonchev–Trinajstić information content (AvgIpc) is 3.87. The Hall–Kier alpha value is -8.60. The molecule has 0 amide bonds. The number of hydroxylamine groups is 2. The first-order valence-corrected chi connectivity index (χ1v) is 22.7. The quantitative estimate of drug-likeness (QED) is 0.0375. The highest BCUT2D eigenvalue weighted by Gasteiger charge is 2.37. The summed E-state index contributed by atoms with van der Waals surface area (Å²) in [7, 11) is 0. The molecule has 2 heterocycles. The minimum atomic E-state index is -1.35. The van der Waals surface area contributed by atoms with Gasteiger partial charge in [-0.25, -0.2) is 19.6 Å². The van der Waals surface area contributed by atoms with E-state index in [1.807, 2.05) is 182 Å². The van der Waals surface area contributed by atoms with Crippen molar-refractivity contribution >= 4 is 34.1 Å². The van der Waals surface area contributed by atoms with Crippen LogP contribution in [0.2, 0.25) is 0 Å². The van der Waals surface area contributed by atoms with E-state index < -0.39 is 29.4 Å². The van der Waals surface area contributed by atoms with Crippen LogP contribution < -0.4 is 5.32 Å². The zero-order chi connectivity index (χ0) is 46.5. The molecule has 0 spiro atoms. The number of benzene rings is 7. The van der Waals surface area contributed by atoms with Crippen LogP contribution in [0.25, 0.3) is 0 Å². The van der Waals surface area contributed by atoms with Crippen LogP contribution in [-0.2, 0) is 29.5 Å². The van der Waals surface area contributed by atoms with E-state index in [4.69, 9.17) is 19.4 Å². The number of allylic oxidation sites excluding steroid dienone is 1. The Kier molecular flexibility index (Phi) is 13.9. The summed E-state index contributed by atoms with van der Waals surface area (Å²) in [6, 6.07) is 68.9. The van der Waals surface area contributed by atoms with Crippen molar-refractivity contribution in [2.45, 2.75) is 17.7 Å². The van der Waals surface area contributed by atoms with Gasteiger partial charge in [0.2, 0.25) is 5.71 Å². The van der Waals surface area contributed by atoms with Crippen molar-refractivity contribution in [1.29, 1.82) is 0 Å². The van der Waals surface area contributed by atoms with Crippen LogP contribution in [0, 0.1) is 0 Å². The van der Waals surface area contributed by atoms with Gasteiger partial charge in [-0.2, -0.15) is 0 Å². The molecule has 0 saturated heterocycles. The Labute approximate surface area is 398 Å². The SMILES string of the molecule is O=C=C1C=C(CO/N=C(\C(=O)O)c2csc(NC(c3ccccc3)(c3ccccc3)c3ccccc3)n2)N(OC(c2ccccc2)c2ccccc2)C=C1OC(c1ccccc1)c1ccccc1. The summed E-state index contributed by atoms with van der Waals surface area (Å²) in [5, 5.41) is 22.0. The molecule has 11 heteroatoms. The predicted octanol–water partition coefficient (Wildman–Crippen LogP) is 11.7. The third kappa shape index (κ3) is 9.96. The second kappa shape index (κ2) is 21.1. The molecule has 0 atom stereocenters.